The second-order valence-electron chi connectivity index (χ2n) is 6.63. The number of guanidine groups is 1. The molecule has 3 N–H and O–H groups in total. The predicted molar refractivity (Wildman–Crippen MR) is 127 cm³/mol. The van der Waals surface area contributed by atoms with Gasteiger partial charge in [-0.3, -0.25) is 9.78 Å². The first-order chi connectivity index (χ1) is 13.1. The van der Waals surface area contributed by atoms with Gasteiger partial charge in [0.1, 0.15) is 6.54 Å². The molecule has 1 saturated carbocycles. The summed E-state index contributed by atoms with van der Waals surface area (Å²) in [7, 11) is 0. The molecule has 1 aliphatic carbocycles. The number of benzene rings is 1. The highest BCUT2D eigenvalue weighted by atomic mass is 127. The van der Waals surface area contributed by atoms with Crippen LogP contribution in [0.1, 0.15) is 25.3 Å². The number of carbonyl (C=O) groups excluding carboxylic acids is 1. The highest BCUT2D eigenvalue weighted by Crippen LogP contribution is 2.48. The van der Waals surface area contributed by atoms with Gasteiger partial charge in [0.25, 0.3) is 0 Å². The Labute approximate surface area is 191 Å². The molecular formula is C20H25BrIN5O. The zero-order chi connectivity index (χ0) is 19.1. The zero-order valence-electron chi connectivity index (χ0n) is 15.7. The lowest BCUT2D eigenvalue weighted by Crippen LogP contribution is -2.41. The summed E-state index contributed by atoms with van der Waals surface area (Å²) in [4.78, 5) is 20.5. The molecule has 1 heterocycles. The van der Waals surface area contributed by atoms with Crippen LogP contribution in [-0.4, -0.2) is 36.5 Å². The number of anilines is 1. The summed E-state index contributed by atoms with van der Waals surface area (Å²) in [5.41, 5.74) is 2.15. The summed E-state index contributed by atoms with van der Waals surface area (Å²) in [6.07, 6.45) is 5.58. The normalized spacial score (nSPS) is 14.6. The molecule has 1 aliphatic rings. The smallest absolute Gasteiger partial charge is 0.246 e. The maximum atomic E-state index is 12.1. The first-order valence-electron chi connectivity index (χ1n) is 9.09. The molecule has 0 atom stereocenters. The van der Waals surface area contributed by atoms with Crippen molar-refractivity contribution in [3.63, 3.8) is 0 Å². The lowest BCUT2D eigenvalue weighted by atomic mass is 9.96. The number of aliphatic imine (C=N–C) groups is 1. The number of halogens is 2. The van der Waals surface area contributed by atoms with E-state index < -0.39 is 0 Å². The minimum atomic E-state index is -0.173. The van der Waals surface area contributed by atoms with Crippen LogP contribution < -0.4 is 16.0 Å². The third-order valence-electron chi connectivity index (χ3n) is 4.56. The molecule has 6 nitrogen and oxygen atoms in total. The highest BCUT2D eigenvalue weighted by Gasteiger charge is 2.44. The van der Waals surface area contributed by atoms with Gasteiger partial charge in [0, 0.05) is 29.2 Å². The van der Waals surface area contributed by atoms with Crippen LogP contribution >= 0.6 is 39.9 Å². The van der Waals surface area contributed by atoms with Gasteiger partial charge in [-0.1, -0.05) is 28.1 Å². The van der Waals surface area contributed by atoms with Crippen molar-refractivity contribution in [2.75, 3.05) is 25.0 Å². The van der Waals surface area contributed by atoms with Crippen LogP contribution in [-0.2, 0) is 10.2 Å². The van der Waals surface area contributed by atoms with Crippen LogP contribution in [0.3, 0.4) is 0 Å². The van der Waals surface area contributed by atoms with E-state index in [1.807, 2.05) is 13.0 Å². The Kier molecular flexibility index (Phi) is 8.68. The van der Waals surface area contributed by atoms with Gasteiger partial charge in [-0.05, 0) is 49.6 Å². The molecule has 1 aromatic heterocycles. The molecule has 0 spiro atoms. The molecule has 0 radical (unpaired) electrons. The van der Waals surface area contributed by atoms with Gasteiger partial charge < -0.3 is 16.0 Å². The van der Waals surface area contributed by atoms with Crippen molar-refractivity contribution in [1.29, 1.82) is 0 Å². The highest BCUT2D eigenvalue weighted by molar-refractivity contribution is 14.0. The van der Waals surface area contributed by atoms with Gasteiger partial charge in [-0.15, -0.1) is 24.0 Å². The summed E-state index contributed by atoms with van der Waals surface area (Å²) in [6.45, 7) is 3.58. The number of pyridine rings is 1. The van der Waals surface area contributed by atoms with Crippen LogP contribution in [0.15, 0.2) is 58.3 Å². The number of carbonyl (C=O) groups is 1. The Morgan fingerprint density at radius 1 is 1.25 bits per heavy atom. The van der Waals surface area contributed by atoms with E-state index in [2.05, 4.69) is 60.1 Å². The molecular weight excluding hydrogens is 533 g/mol. The van der Waals surface area contributed by atoms with E-state index in [9.17, 15) is 4.79 Å². The summed E-state index contributed by atoms with van der Waals surface area (Å²) in [5, 5.41) is 9.38. The van der Waals surface area contributed by atoms with E-state index in [4.69, 9.17) is 0 Å². The standard InChI is InChI=1S/C20H24BrN5O.HI/c1-2-23-19(24-13-18(27)26-17-7-4-10-22-12-17)25-14-20(8-9-20)15-5-3-6-16(21)11-15;/h3-7,10-12H,2,8-9,13-14H2,1H3,(H,26,27)(H2,23,24,25);1H. The Morgan fingerprint density at radius 2 is 2.07 bits per heavy atom. The Hall–Kier alpha value is -1.68. The molecule has 1 amide bonds. The fourth-order valence-corrected chi connectivity index (χ4v) is 3.32. The van der Waals surface area contributed by atoms with Gasteiger partial charge in [0.05, 0.1) is 11.9 Å². The number of nitrogens with one attached hydrogen (secondary N) is 3. The van der Waals surface area contributed by atoms with Crippen LogP contribution in [0.4, 0.5) is 5.69 Å². The van der Waals surface area contributed by atoms with E-state index in [0.29, 0.717) is 11.6 Å². The number of rotatable bonds is 7. The SMILES string of the molecule is CCNC(=NCC(=O)Nc1cccnc1)NCC1(c2cccc(Br)c2)CC1.I. The summed E-state index contributed by atoms with van der Waals surface area (Å²) >= 11 is 3.55. The predicted octanol–water partition coefficient (Wildman–Crippen LogP) is 3.69. The monoisotopic (exact) mass is 557 g/mol. The summed E-state index contributed by atoms with van der Waals surface area (Å²) in [5.74, 6) is 0.480. The number of aromatic nitrogens is 1. The van der Waals surface area contributed by atoms with Gasteiger partial charge >= 0.3 is 0 Å². The van der Waals surface area contributed by atoms with Crippen LogP contribution in [0.2, 0.25) is 0 Å². The Bertz CT molecular complexity index is 811. The summed E-state index contributed by atoms with van der Waals surface area (Å²) in [6, 6.07) is 12.0. The first kappa shape index (κ1) is 22.6. The largest absolute Gasteiger partial charge is 0.357 e. The fraction of sp³-hybridized carbons (Fsp3) is 0.350. The van der Waals surface area contributed by atoms with Crippen LogP contribution in [0.25, 0.3) is 0 Å². The van der Waals surface area contributed by atoms with E-state index >= 15 is 0 Å². The van der Waals surface area contributed by atoms with Crippen molar-refractivity contribution in [2.24, 2.45) is 4.99 Å². The quantitative estimate of drug-likeness (QED) is 0.276. The van der Waals surface area contributed by atoms with Crippen LogP contribution in [0.5, 0.6) is 0 Å². The number of amides is 1. The third-order valence-corrected chi connectivity index (χ3v) is 5.05. The first-order valence-corrected chi connectivity index (χ1v) is 9.89. The van der Waals surface area contributed by atoms with Crippen molar-refractivity contribution >= 4 is 57.5 Å². The molecule has 0 unspecified atom stereocenters. The second kappa shape index (κ2) is 10.8. The minimum Gasteiger partial charge on any atom is -0.357 e. The molecule has 0 bridgehead atoms. The van der Waals surface area contributed by atoms with Crippen LogP contribution in [0, 0.1) is 0 Å². The van der Waals surface area contributed by atoms with Crippen molar-refractivity contribution in [2.45, 2.75) is 25.2 Å². The van der Waals surface area contributed by atoms with E-state index in [1.165, 1.54) is 5.56 Å². The van der Waals surface area contributed by atoms with Crippen molar-refractivity contribution in [3.05, 3.63) is 58.8 Å². The maximum Gasteiger partial charge on any atom is 0.246 e. The average molecular weight is 558 g/mol. The molecule has 0 aliphatic heterocycles. The molecule has 150 valence electrons. The summed E-state index contributed by atoms with van der Waals surface area (Å²) < 4.78 is 1.10. The maximum absolute atomic E-state index is 12.1. The Morgan fingerprint density at radius 3 is 2.71 bits per heavy atom. The molecule has 1 fully saturated rings. The van der Waals surface area contributed by atoms with Gasteiger partial charge in [0.2, 0.25) is 5.91 Å². The molecule has 8 heteroatoms. The number of nitrogens with zero attached hydrogens (tertiary/aromatic N) is 2. The lowest BCUT2D eigenvalue weighted by molar-refractivity contribution is -0.114. The van der Waals surface area contributed by atoms with E-state index in [-0.39, 0.29) is 41.8 Å². The average Bonchev–Trinajstić information content (AvgIpc) is 3.46. The van der Waals surface area contributed by atoms with Crippen molar-refractivity contribution < 1.29 is 4.79 Å². The topological polar surface area (TPSA) is 78.4 Å². The molecule has 2 aromatic rings. The lowest BCUT2D eigenvalue weighted by Gasteiger charge is -2.19. The van der Waals surface area contributed by atoms with Gasteiger partial charge in [0.15, 0.2) is 5.96 Å². The molecule has 0 saturated heterocycles. The molecule has 1 aromatic carbocycles. The number of hydrogen-bond donors (Lipinski definition) is 3. The third kappa shape index (κ3) is 6.44. The number of hydrogen-bond acceptors (Lipinski definition) is 3. The van der Waals surface area contributed by atoms with E-state index in [0.717, 1.165) is 30.4 Å². The van der Waals surface area contributed by atoms with Crippen molar-refractivity contribution in [3.8, 4) is 0 Å². The van der Waals surface area contributed by atoms with Crippen molar-refractivity contribution in [1.82, 2.24) is 15.6 Å². The second-order valence-corrected chi connectivity index (χ2v) is 7.54. The van der Waals surface area contributed by atoms with Gasteiger partial charge in [-0.25, -0.2) is 4.99 Å². The van der Waals surface area contributed by atoms with Gasteiger partial charge in [-0.2, -0.15) is 0 Å². The molecule has 28 heavy (non-hydrogen) atoms. The minimum absolute atomic E-state index is 0. The fourth-order valence-electron chi connectivity index (χ4n) is 2.92. The van der Waals surface area contributed by atoms with E-state index in [1.54, 1.807) is 24.5 Å². The zero-order valence-corrected chi connectivity index (χ0v) is 19.7. The molecule has 3 rings (SSSR count). The Balaban J connectivity index is 0.00000280.